The van der Waals surface area contributed by atoms with Crippen molar-refractivity contribution in [2.75, 3.05) is 33.8 Å². The molecular formula is C23H23NO6S. The molecule has 0 saturated heterocycles. The molecule has 1 amide bonds. The van der Waals surface area contributed by atoms with Gasteiger partial charge >= 0.3 is 5.97 Å². The van der Waals surface area contributed by atoms with Crippen molar-refractivity contribution < 1.29 is 28.5 Å². The molecule has 162 valence electrons. The summed E-state index contributed by atoms with van der Waals surface area (Å²) in [4.78, 5) is 26.4. The Labute approximate surface area is 184 Å². The van der Waals surface area contributed by atoms with Crippen molar-refractivity contribution in [3.63, 3.8) is 0 Å². The number of nitrogens with one attached hydrogen (secondary N) is 1. The van der Waals surface area contributed by atoms with E-state index in [1.165, 1.54) is 39.8 Å². The second kappa shape index (κ2) is 9.53. The van der Waals surface area contributed by atoms with E-state index in [-0.39, 0.29) is 5.56 Å². The van der Waals surface area contributed by atoms with Crippen LogP contribution in [0.15, 0.2) is 42.5 Å². The zero-order valence-corrected chi connectivity index (χ0v) is 18.7. The van der Waals surface area contributed by atoms with Crippen LogP contribution in [0.2, 0.25) is 0 Å². The van der Waals surface area contributed by atoms with E-state index >= 15 is 0 Å². The zero-order chi connectivity index (χ0) is 22.5. The SMILES string of the molecule is COC(=O)c1c(NC(=O)c2cc(OC)c(OC)c(OC)c2)sc(-c2ccccc2)c1C. The fourth-order valence-electron chi connectivity index (χ4n) is 3.20. The van der Waals surface area contributed by atoms with Crippen LogP contribution >= 0.6 is 11.3 Å². The van der Waals surface area contributed by atoms with Crippen molar-refractivity contribution in [3.05, 3.63) is 59.2 Å². The van der Waals surface area contributed by atoms with Crippen LogP contribution in [0.1, 0.15) is 26.3 Å². The van der Waals surface area contributed by atoms with Gasteiger partial charge in [-0.1, -0.05) is 30.3 Å². The second-order valence-corrected chi connectivity index (χ2v) is 7.51. The molecule has 0 aliphatic heterocycles. The Kier molecular flexibility index (Phi) is 6.81. The van der Waals surface area contributed by atoms with Gasteiger partial charge in [-0.05, 0) is 30.2 Å². The van der Waals surface area contributed by atoms with E-state index in [4.69, 9.17) is 18.9 Å². The van der Waals surface area contributed by atoms with Crippen molar-refractivity contribution in [3.8, 4) is 27.7 Å². The first-order valence-corrected chi connectivity index (χ1v) is 10.1. The number of carbonyl (C=O) groups excluding carboxylic acids is 2. The van der Waals surface area contributed by atoms with Crippen LogP contribution in [-0.4, -0.2) is 40.3 Å². The van der Waals surface area contributed by atoms with Crippen molar-refractivity contribution in [2.45, 2.75) is 6.92 Å². The first-order chi connectivity index (χ1) is 14.9. The number of anilines is 1. The Hall–Kier alpha value is -3.52. The minimum Gasteiger partial charge on any atom is -0.493 e. The van der Waals surface area contributed by atoms with Crippen LogP contribution in [0.5, 0.6) is 17.2 Å². The summed E-state index contributed by atoms with van der Waals surface area (Å²) in [6.07, 6.45) is 0. The molecule has 0 saturated carbocycles. The number of rotatable bonds is 7. The van der Waals surface area contributed by atoms with E-state index in [1.54, 1.807) is 12.1 Å². The van der Waals surface area contributed by atoms with Gasteiger partial charge in [-0.25, -0.2) is 4.79 Å². The molecule has 0 bridgehead atoms. The van der Waals surface area contributed by atoms with Crippen LogP contribution in [0, 0.1) is 6.92 Å². The highest BCUT2D eigenvalue weighted by Gasteiger charge is 2.25. The monoisotopic (exact) mass is 441 g/mol. The van der Waals surface area contributed by atoms with Gasteiger partial charge in [0, 0.05) is 10.4 Å². The van der Waals surface area contributed by atoms with Crippen molar-refractivity contribution in [2.24, 2.45) is 0 Å². The maximum absolute atomic E-state index is 13.1. The molecule has 1 aromatic heterocycles. The van der Waals surface area contributed by atoms with Crippen LogP contribution in [0.4, 0.5) is 5.00 Å². The molecule has 0 spiro atoms. The lowest BCUT2D eigenvalue weighted by molar-refractivity contribution is 0.0601. The van der Waals surface area contributed by atoms with Gasteiger partial charge in [0.2, 0.25) is 5.75 Å². The van der Waals surface area contributed by atoms with E-state index in [9.17, 15) is 9.59 Å². The minimum absolute atomic E-state index is 0.289. The summed E-state index contributed by atoms with van der Waals surface area (Å²) in [5, 5.41) is 3.24. The molecule has 3 aromatic rings. The lowest BCUT2D eigenvalue weighted by Gasteiger charge is -2.14. The molecule has 0 radical (unpaired) electrons. The van der Waals surface area contributed by atoms with Crippen LogP contribution in [0.3, 0.4) is 0 Å². The number of methoxy groups -OCH3 is 4. The molecule has 0 aliphatic carbocycles. The standard InChI is InChI=1S/C23H23NO6S/c1-13-18(23(26)30-5)22(31-20(13)14-9-7-6-8-10-14)24-21(25)15-11-16(27-2)19(29-4)17(12-15)28-3/h6-12H,1-5H3,(H,24,25). The van der Waals surface area contributed by atoms with Gasteiger partial charge in [-0.15, -0.1) is 11.3 Å². The number of ether oxygens (including phenoxy) is 4. The van der Waals surface area contributed by atoms with Crippen molar-refractivity contribution in [1.29, 1.82) is 0 Å². The van der Waals surface area contributed by atoms with Crippen LogP contribution in [0.25, 0.3) is 10.4 Å². The summed E-state index contributed by atoms with van der Waals surface area (Å²) < 4.78 is 20.9. The average Bonchev–Trinajstić information content (AvgIpc) is 3.13. The Morgan fingerprint density at radius 1 is 0.903 bits per heavy atom. The molecule has 3 rings (SSSR count). The summed E-state index contributed by atoms with van der Waals surface area (Å²) in [7, 11) is 5.75. The smallest absolute Gasteiger partial charge is 0.341 e. The van der Waals surface area contributed by atoms with E-state index in [2.05, 4.69) is 5.32 Å². The van der Waals surface area contributed by atoms with E-state index in [0.717, 1.165) is 16.0 Å². The molecule has 7 nitrogen and oxygen atoms in total. The third kappa shape index (κ3) is 4.34. The van der Waals surface area contributed by atoms with Gasteiger partial charge in [0.25, 0.3) is 5.91 Å². The third-order valence-corrected chi connectivity index (χ3v) is 5.98. The Balaban J connectivity index is 2.04. The van der Waals surface area contributed by atoms with Gasteiger partial charge in [0.15, 0.2) is 11.5 Å². The fourth-order valence-corrected chi connectivity index (χ4v) is 4.40. The summed E-state index contributed by atoms with van der Waals surface area (Å²) in [5.41, 5.74) is 2.30. The summed E-state index contributed by atoms with van der Waals surface area (Å²) in [6.45, 7) is 1.83. The third-order valence-electron chi connectivity index (χ3n) is 4.73. The van der Waals surface area contributed by atoms with E-state index in [0.29, 0.717) is 27.8 Å². The molecule has 2 aromatic carbocycles. The largest absolute Gasteiger partial charge is 0.493 e. The first kappa shape index (κ1) is 22.2. The second-order valence-electron chi connectivity index (χ2n) is 6.49. The van der Waals surface area contributed by atoms with Crippen LogP contribution < -0.4 is 19.5 Å². The van der Waals surface area contributed by atoms with Crippen molar-refractivity contribution >= 4 is 28.2 Å². The maximum atomic E-state index is 13.1. The Morgan fingerprint density at radius 2 is 1.52 bits per heavy atom. The Morgan fingerprint density at radius 3 is 2.03 bits per heavy atom. The molecule has 8 heteroatoms. The van der Waals surface area contributed by atoms with Gasteiger partial charge in [0.05, 0.1) is 34.0 Å². The number of thiophene rings is 1. The lowest BCUT2D eigenvalue weighted by Crippen LogP contribution is -2.14. The Bertz CT molecular complexity index is 1080. The van der Waals surface area contributed by atoms with E-state index < -0.39 is 11.9 Å². The van der Waals surface area contributed by atoms with Crippen LogP contribution in [-0.2, 0) is 4.74 Å². The zero-order valence-electron chi connectivity index (χ0n) is 17.9. The number of benzene rings is 2. The minimum atomic E-state index is -0.517. The number of amides is 1. The molecule has 0 aliphatic rings. The average molecular weight is 442 g/mol. The van der Waals surface area contributed by atoms with Gasteiger partial charge in [-0.3, -0.25) is 4.79 Å². The molecular weight excluding hydrogens is 418 g/mol. The first-order valence-electron chi connectivity index (χ1n) is 9.33. The van der Waals surface area contributed by atoms with Gasteiger partial charge < -0.3 is 24.3 Å². The van der Waals surface area contributed by atoms with Gasteiger partial charge in [0.1, 0.15) is 5.00 Å². The summed E-state index contributed by atoms with van der Waals surface area (Å²) in [6, 6.07) is 12.7. The number of hydrogen-bond donors (Lipinski definition) is 1. The van der Waals surface area contributed by atoms with Gasteiger partial charge in [-0.2, -0.15) is 0 Å². The molecule has 1 N–H and O–H groups in total. The topological polar surface area (TPSA) is 83.1 Å². The predicted molar refractivity (Wildman–Crippen MR) is 120 cm³/mol. The maximum Gasteiger partial charge on any atom is 0.341 e. The molecule has 0 fully saturated rings. The molecule has 31 heavy (non-hydrogen) atoms. The van der Waals surface area contributed by atoms with Crippen molar-refractivity contribution in [1.82, 2.24) is 0 Å². The highest BCUT2D eigenvalue weighted by atomic mass is 32.1. The molecule has 0 atom stereocenters. The van der Waals surface area contributed by atoms with E-state index in [1.807, 2.05) is 37.3 Å². The quantitative estimate of drug-likeness (QED) is 0.531. The fraction of sp³-hybridized carbons (Fsp3) is 0.217. The molecule has 1 heterocycles. The number of carbonyl (C=O) groups is 2. The highest BCUT2D eigenvalue weighted by Crippen LogP contribution is 2.41. The number of esters is 1. The lowest BCUT2D eigenvalue weighted by atomic mass is 10.1. The summed E-state index contributed by atoms with van der Waals surface area (Å²) in [5.74, 6) is 0.150. The normalized spacial score (nSPS) is 10.4. The molecule has 0 unspecified atom stereocenters. The predicted octanol–water partition coefficient (Wildman–Crippen LogP) is 4.79. The number of hydrogen-bond acceptors (Lipinski definition) is 7. The highest BCUT2D eigenvalue weighted by molar-refractivity contribution is 7.20. The summed E-state index contributed by atoms with van der Waals surface area (Å²) >= 11 is 1.31.